The largest absolute Gasteiger partial charge is 0.459 e. The SMILES string of the molecule is C[C@@H]1Cc2c(ccc([C@@H]3CN4CCN(C(=O)C5CCc6nc(-[n+]7cnn[nH]7)ccc65)C[C@@H]4CO3)c2F)C(=O)O1. The van der Waals surface area contributed by atoms with Crippen LogP contribution in [0.25, 0.3) is 5.82 Å². The maximum Gasteiger partial charge on any atom is 0.338 e. The second kappa shape index (κ2) is 9.45. The van der Waals surface area contributed by atoms with Gasteiger partial charge in [0.05, 0.1) is 30.2 Å². The lowest BCUT2D eigenvalue weighted by atomic mass is 9.93. The summed E-state index contributed by atoms with van der Waals surface area (Å²) in [5.41, 5.74) is 3.11. The van der Waals surface area contributed by atoms with Crippen LogP contribution in [0.15, 0.2) is 30.6 Å². The summed E-state index contributed by atoms with van der Waals surface area (Å²) in [5, 5.41) is 10.3. The minimum atomic E-state index is -0.477. The van der Waals surface area contributed by atoms with Crippen molar-refractivity contribution in [3.05, 3.63) is 64.4 Å². The number of ether oxygens (including phenoxy) is 2. The average Bonchev–Trinajstić information content (AvgIpc) is 3.63. The maximum atomic E-state index is 15.5. The summed E-state index contributed by atoms with van der Waals surface area (Å²) in [7, 11) is 0. The van der Waals surface area contributed by atoms with Crippen LogP contribution in [0.1, 0.15) is 58.1 Å². The molecule has 0 bridgehead atoms. The van der Waals surface area contributed by atoms with Gasteiger partial charge in [-0.25, -0.2) is 9.18 Å². The van der Waals surface area contributed by atoms with E-state index in [4.69, 9.17) is 14.5 Å². The number of tetrazole rings is 1. The molecule has 2 aromatic heterocycles. The third kappa shape index (κ3) is 4.18. The Labute approximate surface area is 223 Å². The molecular formula is C27H29FN7O4+. The standard InChI is InChI=1S/C27H28FN7O4/c1-15-10-21-19(27(37)39-15)2-3-20(25(21)28)23-12-33-8-9-34(11-16(33)13-38-23)26(36)18-4-6-22-17(18)5-7-24(30-22)35-14-29-31-32-35/h2-3,5,7,14-16,18,23H,4,6,8-13H2,1H3/p+1/t15-,16-,18?,23+/m1/s1. The molecule has 1 unspecified atom stereocenters. The van der Waals surface area contributed by atoms with Crippen molar-refractivity contribution in [2.75, 3.05) is 32.8 Å². The number of rotatable bonds is 3. The number of benzene rings is 1. The number of aromatic amines is 1. The zero-order valence-electron chi connectivity index (χ0n) is 21.5. The summed E-state index contributed by atoms with van der Waals surface area (Å²) in [6.07, 6.45) is 2.62. The number of hydrogen-bond acceptors (Lipinski definition) is 8. The monoisotopic (exact) mass is 534 g/mol. The van der Waals surface area contributed by atoms with Crippen molar-refractivity contribution in [2.24, 2.45) is 0 Å². The van der Waals surface area contributed by atoms with Gasteiger partial charge in [0, 0.05) is 61.3 Å². The molecule has 4 aliphatic rings. The Balaban J connectivity index is 1.02. The van der Waals surface area contributed by atoms with E-state index in [-0.39, 0.29) is 29.8 Å². The number of cyclic esters (lactones) is 1. The van der Waals surface area contributed by atoms with Gasteiger partial charge in [-0.3, -0.25) is 9.69 Å². The van der Waals surface area contributed by atoms with Crippen LogP contribution >= 0.6 is 0 Å². The smallest absolute Gasteiger partial charge is 0.338 e. The van der Waals surface area contributed by atoms with E-state index in [1.165, 1.54) is 0 Å². The molecule has 2 fully saturated rings. The van der Waals surface area contributed by atoms with E-state index in [0.29, 0.717) is 61.7 Å². The Kier molecular flexibility index (Phi) is 5.89. The summed E-state index contributed by atoms with van der Waals surface area (Å²) < 4.78 is 28.5. The van der Waals surface area contributed by atoms with Crippen molar-refractivity contribution in [3.8, 4) is 5.82 Å². The molecular weight excluding hydrogens is 505 g/mol. The lowest BCUT2D eigenvalue weighted by Crippen LogP contribution is -2.60. The quantitative estimate of drug-likeness (QED) is 0.391. The number of hydrogen-bond donors (Lipinski definition) is 1. The number of aryl methyl sites for hydroxylation is 1. The summed E-state index contributed by atoms with van der Waals surface area (Å²) >= 11 is 0. The van der Waals surface area contributed by atoms with Gasteiger partial charge in [-0.05, 0) is 31.0 Å². The van der Waals surface area contributed by atoms with Crippen LogP contribution in [0.5, 0.6) is 0 Å². The van der Waals surface area contributed by atoms with Crippen molar-refractivity contribution in [1.82, 2.24) is 30.3 Å². The number of carbonyl (C=O) groups is 2. The molecule has 3 aliphatic heterocycles. The van der Waals surface area contributed by atoms with Gasteiger partial charge in [-0.15, -0.1) is 9.67 Å². The molecule has 39 heavy (non-hydrogen) atoms. The Hall–Kier alpha value is -3.77. The highest BCUT2D eigenvalue weighted by molar-refractivity contribution is 5.92. The van der Waals surface area contributed by atoms with E-state index in [0.717, 1.165) is 24.1 Å². The Morgan fingerprint density at radius 3 is 2.90 bits per heavy atom. The first-order valence-electron chi connectivity index (χ1n) is 13.4. The lowest BCUT2D eigenvalue weighted by Gasteiger charge is -2.46. The van der Waals surface area contributed by atoms with E-state index >= 15 is 4.39 Å². The summed E-state index contributed by atoms with van der Waals surface area (Å²) in [6.45, 7) is 4.62. The zero-order valence-corrected chi connectivity index (χ0v) is 21.5. The van der Waals surface area contributed by atoms with Gasteiger partial charge in [0.15, 0.2) is 0 Å². The van der Waals surface area contributed by atoms with Gasteiger partial charge >= 0.3 is 5.97 Å². The number of halogens is 1. The highest BCUT2D eigenvalue weighted by atomic mass is 19.1. The number of morpholine rings is 1. The van der Waals surface area contributed by atoms with E-state index in [1.807, 2.05) is 17.0 Å². The minimum absolute atomic E-state index is 0.0558. The van der Waals surface area contributed by atoms with Gasteiger partial charge in [0.1, 0.15) is 22.8 Å². The maximum absolute atomic E-state index is 15.5. The van der Waals surface area contributed by atoms with Gasteiger partial charge < -0.3 is 14.4 Å². The molecule has 1 aromatic carbocycles. The second-order valence-corrected chi connectivity index (χ2v) is 10.8. The van der Waals surface area contributed by atoms with E-state index in [1.54, 1.807) is 30.1 Å². The van der Waals surface area contributed by atoms with Crippen LogP contribution in [0.4, 0.5) is 4.39 Å². The normalized spacial score (nSPS) is 26.5. The molecule has 5 heterocycles. The number of fused-ring (bicyclic) bond motifs is 3. The van der Waals surface area contributed by atoms with Gasteiger partial charge in [-0.2, -0.15) is 0 Å². The fourth-order valence-electron chi connectivity index (χ4n) is 6.38. The molecule has 1 amide bonds. The number of aromatic nitrogens is 5. The summed E-state index contributed by atoms with van der Waals surface area (Å²) in [5.74, 6) is -0.224. The Morgan fingerprint density at radius 2 is 2.05 bits per heavy atom. The number of H-pyrrole nitrogens is 1. The zero-order chi connectivity index (χ0) is 26.7. The Bertz CT molecular complexity index is 1450. The van der Waals surface area contributed by atoms with Crippen molar-refractivity contribution in [1.29, 1.82) is 0 Å². The van der Waals surface area contributed by atoms with Gasteiger partial charge in [0.25, 0.3) is 12.1 Å². The molecule has 0 radical (unpaired) electrons. The molecule has 1 aliphatic carbocycles. The first-order valence-corrected chi connectivity index (χ1v) is 13.4. The molecule has 2 saturated heterocycles. The van der Waals surface area contributed by atoms with E-state index in [2.05, 4.69) is 20.4 Å². The Morgan fingerprint density at radius 1 is 1.18 bits per heavy atom. The van der Waals surface area contributed by atoms with Crippen molar-refractivity contribution in [2.45, 2.75) is 50.4 Å². The third-order valence-electron chi connectivity index (χ3n) is 8.41. The number of pyridine rings is 1. The first-order chi connectivity index (χ1) is 19.0. The van der Waals surface area contributed by atoms with Crippen LogP contribution < -0.4 is 4.68 Å². The van der Waals surface area contributed by atoms with E-state index < -0.39 is 12.1 Å². The van der Waals surface area contributed by atoms with Gasteiger partial charge in [-0.1, -0.05) is 11.3 Å². The molecule has 0 spiro atoms. The second-order valence-electron chi connectivity index (χ2n) is 10.8. The predicted octanol–water partition coefficient (Wildman–Crippen LogP) is 1.03. The average molecular weight is 535 g/mol. The lowest BCUT2D eigenvalue weighted by molar-refractivity contribution is -0.664. The molecule has 0 saturated carbocycles. The highest BCUT2D eigenvalue weighted by Gasteiger charge is 2.40. The minimum Gasteiger partial charge on any atom is -0.459 e. The van der Waals surface area contributed by atoms with Crippen molar-refractivity contribution >= 4 is 11.9 Å². The number of amides is 1. The third-order valence-corrected chi connectivity index (χ3v) is 8.41. The topological polar surface area (TPSA) is 117 Å². The number of nitrogens with one attached hydrogen (secondary N) is 1. The number of esters is 1. The molecule has 7 rings (SSSR count). The fraction of sp³-hybridized carbons (Fsp3) is 0.481. The van der Waals surface area contributed by atoms with Crippen LogP contribution in [0, 0.1) is 5.82 Å². The number of nitrogens with zero attached hydrogens (tertiary/aromatic N) is 6. The van der Waals surface area contributed by atoms with Gasteiger partial charge in [0.2, 0.25) is 5.91 Å². The van der Waals surface area contributed by atoms with Crippen LogP contribution in [-0.4, -0.2) is 87.1 Å². The molecule has 1 N–H and O–H groups in total. The van der Waals surface area contributed by atoms with Crippen molar-refractivity contribution in [3.63, 3.8) is 0 Å². The van der Waals surface area contributed by atoms with Crippen LogP contribution in [-0.2, 0) is 27.1 Å². The highest BCUT2D eigenvalue weighted by Crippen LogP contribution is 2.36. The van der Waals surface area contributed by atoms with Crippen LogP contribution in [0.3, 0.4) is 0 Å². The molecule has 4 atom stereocenters. The molecule has 3 aromatic rings. The molecule has 11 nitrogen and oxygen atoms in total. The number of piperazine rings is 1. The summed E-state index contributed by atoms with van der Waals surface area (Å²) in [4.78, 5) is 34.7. The predicted molar refractivity (Wildman–Crippen MR) is 132 cm³/mol. The first kappa shape index (κ1) is 24.3. The number of carbonyl (C=O) groups excluding carboxylic acids is 2. The van der Waals surface area contributed by atoms with E-state index in [9.17, 15) is 9.59 Å². The molecule has 12 heteroatoms. The van der Waals surface area contributed by atoms with Crippen molar-refractivity contribution < 1.29 is 28.1 Å². The molecule has 202 valence electrons. The van der Waals surface area contributed by atoms with Crippen LogP contribution in [0.2, 0.25) is 0 Å². The summed E-state index contributed by atoms with van der Waals surface area (Å²) in [6, 6.07) is 7.21. The fourth-order valence-corrected chi connectivity index (χ4v) is 6.38.